The fourth-order valence-corrected chi connectivity index (χ4v) is 6.35. The van der Waals surface area contributed by atoms with Crippen molar-refractivity contribution >= 4 is 35.0 Å². The maximum absolute atomic E-state index is 6.48. The Morgan fingerprint density at radius 1 is 1.08 bits per heavy atom. The Morgan fingerprint density at radius 3 is 2.73 bits per heavy atom. The first-order valence-electron chi connectivity index (χ1n) is 13.1. The Hall–Kier alpha value is -3.45. The second kappa shape index (κ2) is 8.55. The highest BCUT2D eigenvalue weighted by Crippen LogP contribution is 2.46. The van der Waals surface area contributed by atoms with Crippen molar-refractivity contribution in [1.29, 1.82) is 0 Å². The van der Waals surface area contributed by atoms with Crippen molar-refractivity contribution in [3.8, 4) is 0 Å². The molecule has 7 rings (SSSR count). The third-order valence-electron chi connectivity index (χ3n) is 8.50. The number of aliphatic imine (C=N–C) groups is 2. The quantitative estimate of drug-likeness (QED) is 0.629. The van der Waals surface area contributed by atoms with Gasteiger partial charge in [0.25, 0.3) is 0 Å². The van der Waals surface area contributed by atoms with Gasteiger partial charge >= 0.3 is 0 Å². The zero-order chi connectivity index (χ0) is 25.1. The number of nitrogen functional groups attached to an aromatic ring is 1. The standard InChI is InChI=1S/C29H30ClN7/c1-36-24-7-5-21(20-8-12-32-27(31)26(20)30)28(36)33-13-9-25(35-24)37-14-10-29(11-15-37)16-19-4-6-22(18-2-3-18)34-23(19)17-29/h4-9,12-13,18H,2-3,10-11,14-17H2,1H3,(H2,31,32). The van der Waals surface area contributed by atoms with E-state index in [9.17, 15) is 0 Å². The Bertz CT molecular complexity index is 1440. The van der Waals surface area contributed by atoms with E-state index in [4.69, 9.17) is 32.3 Å². The number of amidine groups is 1. The molecule has 0 radical (unpaired) electrons. The van der Waals surface area contributed by atoms with Crippen molar-refractivity contribution < 1.29 is 0 Å². The number of hydrogen-bond acceptors (Lipinski definition) is 7. The highest BCUT2D eigenvalue weighted by atomic mass is 35.5. The summed E-state index contributed by atoms with van der Waals surface area (Å²) in [7, 11) is 1.99. The van der Waals surface area contributed by atoms with E-state index in [2.05, 4.69) is 22.0 Å². The highest BCUT2D eigenvalue weighted by molar-refractivity contribution is 6.34. The minimum absolute atomic E-state index is 0.312. The first kappa shape index (κ1) is 22.7. The molecule has 8 heteroatoms. The van der Waals surface area contributed by atoms with E-state index in [1.165, 1.54) is 29.8 Å². The van der Waals surface area contributed by atoms with Crippen molar-refractivity contribution in [3.63, 3.8) is 0 Å². The summed E-state index contributed by atoms with van der Waals surface area (Å²) in [6.07, 6.45) is 16.8. The van der Waals surface area contributed by atoms with Gasteiger partial charge in [-0.1, -0.05) is 17.7 Å². The zero-order valence-corrected chi connectivity index (χ0v) is 21.7. The van der Waals surface area contributed by atoms with E-state index >= 15 is 0 Å². The summed E-state index contributed by atoms with van der Waals surface area (Å²) in [4.78, 5) is 23.4. The van der Waals surface area contributed by atoms with E-state index in [1.807, 2.05) is 42.5 Å². The first-order chi connectivity index (χ1) is 18.0. The van der Waals surface area contributed by atoms with Crippen LogP contribution in [0.15, 0.2) is 64.3 Å². The maximum Gasteiger partial charge on any atom is 0.142 e. The number of aromatic nitrogens is 2. The average Bonchev–Trinajstić information content (AvgIpc) is 3.69. The second-order valence-electron chi connectivity index (χ2n) is 10.9. The molecule has 3 aliphatic heterocycles. The van der Waals surface area contributed by atoms with Gasteiger partial charge in [-0.15, -0.1) is 0 Å². The minimum atomic E-state index is 0.312. The number of hydrogen-bond donors (Lipinski definition) is 1. The van der Waals surface area contributed by atoms with Crippen LogP contribution in [0.25, 0.3) is 5.57 Å². The van der Waals surface area contributed by atoms with Gasteiger partial charge in [-0.05, 0) is 79.9 Å². The van der Waals surface area contributed by atoms with E-state index in [0.717, 1.165) is 67.4 Å². The number of nitrogens with two attached hydrogens (primary N) is 1. The van der Waals surface area contributed by atoms with Crippen LogP contribution in [-0.2, 0) is 12.8 Å². The molecule has 1 saturated heterocycles. The molecule has 5 heterocycles. The fourth-order valence-electron chi connectivity index (χ4n) is 6.14. The maximum atomic E-state index is 6.48. The van der Waals surface area contributed by atoms with Gasteiger partial charge in [0.2, 0.25) is 0 Å². The summed E-state index contributed by atoms with van der Waals surface area (Å²) >= 11 is 6.48. The van der Waals surface area contributed by atoms with Gasteiger partial charge in [0.15, 0.2) is 0 Å². The largest absolute Gasteiger partial charge is 0.382 e. The normalized spacial score (nSPS) is 22.1. The molecule has 5 aliphatic rings. The topological polar surface area (TPSA) is 83.0 Å². The SMILES string of the molecule is CN1C2=NC(N3CCC4(CC3)Cc3ccc(C5CC5)nc3C4)=CC=NC1=C(c1ccnc(N)c1Cl)C=C2. The van der Waals surface area contributed by atoms with Gasteiger partial charge in [0, 0.05) is 61.0 Å². The van der Waals surface area contributed by atoms with Crippen LogP contribution in [0.2, 0.25) is 5.02 Å². The van der Waals surface area contributed by atoms with Crippen LogP contribution in [0.3, 0.4) is 0 Å². The molecule has 1 spiro atoms. The number of likely N-dealkylation sites (tertiary alicyclic amines) is 1. The summed E-state index contributed by atoms with van der Waals surface area (Å²) in [5.74, 6) is 3.62. The van der Waals surface area contributed by atoms with Crippen LogP contribution in [0.1, 0.15) is 54.1 Å². The number of rotatable bonds is 3. The molecule has 2 aromatic rings. The Kier molecular flexibility index (Phi) is 5.25. The number of allylic oxidation sites excluding steroid dienone is 3. The lowest BCUT2D eigenvalue weighted by Gasteiger charge is -2.40. The molecular formula is C29H30ClN7. The average molecular weight is 512 g/mol. The summed E-state index contributed by atoms with van der Waals surface area (Å²) in [6.45, 7) is 1.99. The highest BCUT2D eigenvalue weighted by Gasteiger charge is 2.41. The Balaban J connectivity index is 1.11. The number of nitrogens with zero attached hydrogens (tertiary/aromatic N) is 6. The summed E-state index contributed by atoms with van der Waals surface area (Å²) in [6, 6.07) is 6.50. The van der Waals surface area contributed by atoms with Gasteiger partial charge in [0.05, 0.1) is 5.02 Å². The molecule has 0 amide bonds. The predicted octanol–water partition coefficient (Wildman–Crippen LogP) is 4.97. The molecule has 0 unspecified atom stereocenters. The number of pyridine rings is 2. The Labute approximate surface area is 222 Å². The lowest BCUT2D eigenvalue weighted by molar-refractivity contribution is 0.135. The molecule has 2 aromatic heterocycles. The van der Waals surface area contributed by atoms with Crippen molar-refractivity contribution in [3.05, 3.63) is 81.8 Å². The molecule has 2 fully saturated rings. The van der Waals surface area contributed by atoms with Crippen molar-refractivity contribution in [2.24, 2.45) is 15.4 Å². The molecule has 7 nitrogen and oxygen atoms in total. The van der Waals surface area contributed by atoms with Crippen LogP contribution < -0.4 is 5.73 Å². The monoisotopic (exact) mass is 511 g/mol. The van der Waals surface area contributed by atoms with Crippen molar-refractivity contribution in [2.75, 3.05) is 25.9 Å². The van der Waals surface area contributed by atoms with Crippen LogP contribution >= 0.6 is 11.6 Å². The van der Waals surface area contributed by atoms with E-state index < -0.39 is 0 Å². The van der Waals surface area contributed by atoms with Crippen LogP contribution in [0.4, 0.5) is 5.82 Å². The third kappa shape index (κ3) is 3.96. The second-order valence-corrected chi connectivity index (χ2v) is 11.3. The molecule has 0 aromatic carbocycles. The summed E-state index contributed by atoms with van der Waals surface area (Å²) in [5.41, 5.74) is 12.1. The number of fused-ring (bicyclic) bond motifs is 3. The molecule has 2 bridgehead atoms. The molecule has 1 saturated carbocycles. The molecule has 2 aliphatic carbocycles. The lowest BCUT2D eigenvalue weighted by atomic mass is 9.76. The van der Waals surface area contributed by atoms with Crippen molar-refractivity contribution in [1.82, 2.24) is 19.8 Å². The molecule has 37 heavy (non-hydrogen) atoms. The minimum Gasteiger partial charge on any atom is -0.382 e. The summed E-state index contributed by atoms with van der Waals surface area (Å²) in [5, 5.41) is 0.437. The number of anilines is 1. The van der Waals surface area contributed by atoms with Gasteiger partial charge in [0.1, 0.15) is 23.3 Å². The molecular weight excluding hydrogens is 482 g/mol. The van der Waals surface area contributed by atoms with E-state index in [0.29, 0.717) is 22.2 Å². The number of piperidine rings is 1. The van der Waals surface area contributed by atoms with E-state index in [-0.39, 0.29) is 0 Å². The third-order valence-corrected chi connectivity index (χ3v) is 8.90. The van der Waals surface area contributed by atoms with Crippen LogP contribution in [0, 0.1) is 5.41 Å². The molecule has 188 valence electrons. The fraction of sp³-hybridized carbons (Fsp3) is 0.379. The first-order valence-corrected chi connectivity index (χ1v) is 13.5. The van der Waals surface area contributed by atoms with Crippen LogP contribution in [-0.4, -0.2) is 52.0 Å². The zero-order valence-electron chi connectivity index (χ0n) is 21.0. The molecule has 0 atom stereocenters. The van der Waals surface area contributed by atoms with Gasteiger partial charge in [-0.25, -0.2) is 15.0 Å². The van der Waals surface area contributed by atoms with Crippen LogP contribution in [0.5, 0.6) is 0 Å². The molecule has 2 N–H and O–H groups in total. The Morgan fingerprint density at radius 2 is 1.92 bits per heavy atom. The summed E-state index contributed by atoms with van der Waals surface area (Å²) < 4.78 is 0. The van der Waals surface area contributed by atoms with Gasteiger partial charge in [-0.3, -0.25) is 4.98 Å². The van der Waals surface area contributed by atoms with Gasteiger partial charge < -0.3 is 15.5 Å². The van der Waals surface area contributed by atoms with Crippen molar-refractivity contribution in [2.45, 2.75) is 44.4 Å². The predicted molar refractivity (Wildman–Crippen MR) is 148 cm³/mol. The van der Waals surface area contributed by atoms with Gasteiger partial charge in [-0.2, -0.15) is 0 Å². The lowest BCUT2D eigenvalue weighted by Crippen LogP contribution is -2.40. The van der Waals surface area contributed by atoms with E-state index in [1.54, 1.807) is 6.20 Å². The number of likely N-dealkylation sites (N-methyl/N-ethyl adjacent to an activating group) is 1. The number of halogens is 1. The smallest absolute Gasteiger partial charge is 0.142 e.